The van der Waals surface area contributed by atoms with Crippen molar-refractivity contribution in [2.75, 3.05) is 13.7 Å². The van der Waals surface area contributed by atoms with E-state index in [1.54, 1.807) is 19.2 Å². The third-order valence-electron chi connectivity index (χ3n) is 3.28. The Morgan fingerprint density at radius 1 is 1.26 bits per heavy atom. The fraction of sp³-hybridized carbons (Fsp3) is 0.176. The fourth-order valence-corrected chi connectivity index (χ4v) is 2.11. The molecule has 0 fully saturated rings. The molecule has 0 spiro atoms. The molecule has 0 aliphatic carbocycles. The van der Waals surface area contributed by atoms with Crippen molar-refractivity contribution in [1.82, 2.24) is 5.43 Å². The number of ether oxygens (including phenoxy) is 3. The van der Waals surface area contributed by atoms with Gasteiger partial charge in [-0.2, -0.15) is 5.10 Å². The van der Waals surface area contributed by atoms with Crippen molar-refractivity contribution in [1.29, 1.82) is 0 Å². The maximum absolute atomic E-state index is 12.1. The van der Waals surface area contributed by atoms with Gasteiger partial charge in [0.25, 0.3) is 5.91 Å². The maximum Gasteiger partial charge on any atom is 0.284 e. The number of carbonyl (C=O) groups excluding carboxylic acids is 1. The zero-order chi connectivity index (χ0) is 16.1. The van der Waals surface area contributed by atoms with Gasteiger partial charge < -0.3 is 14.2 Å². The molecule has 0 bridgehead atoms. The van der Waals surface area contributed by atoms with Crippen molar-refractivity contribution >= 4 is 12.1 Å². The first-order chi connectivity index (χ1) is 11.3. The summed E-state index contributed by atoms with van der Waals surface area (Å²) >= 11 is 0. The Balaban J connectivity index is 1.58. The number of para-hydroxylation sites is 2. The average Bonchev–Trinajstić information content (AvgIpc) is 2.61. The van der Waals surface area contributed by atoms with Crippen LogP contribution in [0.4, 0.5) is 0 Å². The Morgan fingerprint density at radius 2 is 2.09 bits per heavy atom. The highest BCUT2D eigenvalue weighted by Crippen LogP contribution is 2.30. The third-order valence-corrected chi connectivity index (χ3v) is 3.28. The predicted octanol–water partition coefficient (Wildman–Crippen LogP) is 1.99. The first kappa shape index (κ1) is 14.9. The minimum absolute atomic E-state index is 0.150. The van der Waals surface area contributed by atoms with Gasteiger partial charge >= 0.3 is 0 Å². The number of nitrogens with zero attached hydrogens (tertiary/aromatic N) is 1. The summed E-state index contributed by atoms with van der Waals surface area (Å²) in [5, 5.41) is 3.93. The highest BCUT2D eigenvalue weighted by Gasteiger charge is 2.26. The Hall–Kier alpha value is -3.02. The second-order valence-corrected chi connectivity index (χ2v) is 4.88. The molecule has 0 aromatic heterocycles. The van der Waals surface area contributed by atoms with Crippen molar-refractivity contribution in [3.63, 3.8) is 0 Å². The Kier molecular flexibility index (Phi) is 4.42. The van der Waals surface area contributed by atoms with Crippen LogP contribution in [0.25, 0.3) is 0 Å². The number of carbonyl (C=O) groups is 1. The van der Waals surface area contributed by atoms with Gasteiger partial charge in [-0.15, -0.1) is 0 Å². The molecule has 118 valence electrons. The van der Waals surface area contributed by atoms with Gasteiger partial charge in [0.15, 0.2) is 11.5 Å². The molecule has 1 aliphatic rings. The summed E-state index contributed by atoms with van der Waals surface area (Å²) in [6.45, 7) is 0.150. The molecule has 1 aliphatic heterocycles. The number of hydrogen-bond acceptors (Lipinski definition) is 5. The van der Waals surface area contributed by atoms with Crippen molar-refractivity contribution in [3.8, 4) is 17.2 Å². The first-order valence-corrected chi connectivity index (χ1v) is 7.12. The largest absolute Gasteiger partial charge is 0.497 e. The highest BCUT2D eigenvalue weighted by molar-refractivity contribution is 5.85. The summed E-state index contributed by atoms with van der Waals surface area (Å²) in [4.78, 5) is 12.1. The quantitative estimate of drug-likeness (QED) is 0.692. The van der Waals surface area contributed by atoms with Gasteiger partial charge in [0, 0.05) is 0 Å². The number of rotatable bonds is 4. The molecule has 0 saturated heterocycles. The van der Waals surface area contributed by atoms with Crippen LogP contribution in [0.2, 0.25) is 0 Å². The van der Waals surface area contributed by atoms with Crippen molar-refractivity contribution in [3.05, 3.63) is 54.1 Å². The van der Waals surface area contributed by atoms with E-state index in [-0.39, 0.29) is 12.5 Å². The number of benzene rings is 2. The van der Waals surface area contributed by atoms with Crippen LogP contribution < -0.4 is 19.6 Å². The lowest BCUT2D eigenvalue weighted by atomic mass is 10.2. The topological polar surface area (TPSA) is 69.2 Å². The molecule has 23 heavy (non-hydrogen) atoms. The summed E-state index contributed by atoms with van der Waals surface area (Å²) in [7, 11) is 1.59. The molecule has 6 nitrogen and oxygen atoms in total. The van der Waals surface area contributed by atoms with Crippen LogP contribution in [-0.2, 0) is 4.79 Å². The van der Waals surface area contributed by atoms with E-state index in [1.165, 1.54) is 6.21 Å². The number of hydrogen-bond donors (Lipinski definition) is 1. The van der Waals surface area contributed by atoms with Gasteiger partial charge in [-0.3, -0.25) is 4.79 Å². The standard InChI is InChI=1S/C17H16N2O4/c1-21-13-6-4-5-12(9-13)10-18-19-17(20)16-11-22-14-7-2-3-8-15(14)23-16/h2-10,16H,11H2,1H3,(H,19,20)/b18-10-/t16-/m1/s1. The molecule has 0 unspecified atom stereocenters. The molecule has 1 N–H and O–H groups in total. The highest BCUT2D eigenvalue weighted by atomic mass is 16.6. The maximum atomic E-state index is 12.1. The lowest BCUT2D eigenvalue weighted by Crippen LogP contribution is -2.42. The molecule has 0 radical (unpaired) electrons. The summed E-state index contributed by atoms with van der Waals surface area (Å²) in [5.41, 5.74) is 3.27. The average molecular weight is 312 g/mol. The van der Waals surface area contributed by atoms with E-state index < -0.39 is 6.10 Å². The van der Waals surface area contributed by atoms with E-state index in [0.29, 0.717) is 11.5 Å². The molecule has 0 saturated carbocycles. The van der Waals surface area contributed by atoms with Crippen molar-refractivity contribution in [2.45, 2.75) is 6.10 Å². The molecule has 2 aromatic rings. The lowest BCUT2D eigenvalue weighted by Gasteiger charge is -2.24. The number of methoxy groups -OCH3 is 1. The third kappa shape index (κ3) is 3.60. The molecule has 1 atom stereocenters. The molecule has 1 heterocycles. The van der Waals surface area contributed by atoms with Crippen LogP contribution in [0, 0.1) is 0 Å². The Bertz CT molecular complexity index is 730. The van der Waals surface area contributed by atoms with Gasteiger partial charge in [0.1, 0.15) is 12.4 Å². The van der Waals surface area contributed by atoms with Crippen LogP contribution in [0.1, 0.15) is 5.56 Å². The van der Waals surface area contributed by atoms with Crippen LogP contribution in [0.5, 0.6) is 17.2 Å². The normalized spacial score (nSPS) is 16.1. The van der Waals surface area contributed by atoms with Crippen LogP contribution in [0.15, 0.2) is 53.6 Å². The molecule has 1 amide bonds. The van der Waals surface area contributed by atoms with Gasteiger partial charge in [0.05, 0.1) is 13.3 Å². The summed E-state index contributed by atoms with van der Waals surface area (Å²) in [6, 6.07) is 14.6. The van der Waals surface area contributed by atoms with Crippen LogP contribution in [0.3, 0.4) is 0 Å². The van der Waals surface area contributed by atoms with E-state index in [0.717, 1.165) is 11.3 Å². The van der Waals surface area contributed by atoms with Gasteiger partial charge in [-0.1, -0.05) is 24.3 Å². The monoisotopic (exact) mass is 312 g/mol. The minimum Gasteiger partial charge on any atom is -0.497 e. The van der Waals surface area contributed by atoms with Gasteiger partial charge in [-0.05, 0) is 29.8 Å². The van der Waals surface area contributed by atoms with E-state index >= 15 is 0 Å². The van der Waals surface area contributed by atoms with Gasteiger partial charge in [0.2, 0.25) is 6.10 Å². The smallest absolute Gasteiger partial charge is 0.284 e. The number of hydrazone groups is 1. The zero-order valence-corrected chi connectivity index (χ0v) is 12.6. The SMILES string of the molecule is COc1cccc(/C=N\NC(=O)[C@H]2COc3ccccc3O2)c1. The zero-order valence-electron chi connectivity index (χ0n) is 12.6. The number of fused-ring (bicyclic) bond motifs is 1. The van der Waals surface area contributed by atoms with Crippen LogP contribution >= 0.6 is 0 Å². The summed E-state index contributed by atoms with van der Waals surface area (Å²) in [5.74, 6) is 1.55. The predicted molar refractivity (Wildman–Crippen MR) is 85.1 cm³/mol. The number of amides is 1. The van der Waals surface area contributed by atoms with E-state index in [2.05, 4.69) is 10.5 Å². The van der Waals surface area contributed by atoms with E-state index in [4.69, 9.17) is 14.2 Å². The lowest BCUT2D eigenvalue weighted by molar-refractivity contribution is -0.130. The van der Waals surface area contributed by atoms with E-state index in [9.17, 15) is 4.79 Å². The Morgan fingerprint density at radius 3 is 2.91 bits per heavy atom. The molecular formula is C17H16N2O4. The fourth-order valence-electron chi connectivity index (χ4n) is 2.11. The van der Waals surface area contributed by atoms with Crippen LogP contribution in [-0.4, -0.2) is 31.9 Å². The van der Waals surface area contributed by atoms with Crippen molar-refractivity contribution in [2.24, 2.45) is 5.10 Å². The first-order valence-electron chi connectivity index (χ1n) is 7.12. The molecule has 6 heteroatoms. The summed E-state index contributed by atoms with van der Waals surface area (Å²) < 4.78 is 16.2. The molecular weight excluding hydrogens is 296 g/mol. The summed E-state index contributed by atoms with van der Waals surface area (Å²) in [6.07, 6.45) is 0.810. The van der Waals surface area contributed by atoms with Gasteiger partial charge in [-0.25, -0.2) is 5.43 Å². The van der Waals surface area contributed by atoms with Crippen molar-refractivity contribution < 1.29 is 19.0 Å². The van der Waals surface area contributed by atoms with E-state index in [1.807, 2.05) is 36.4 Å². The second-order valence-electron chi connectivity index (χ2n) is 4.88. The molecule has 3 rings (SSSR count). The molecule has 2 aromatic carbocycles. The Labute approximate surface area is 133 Å². The second kappa shape index (κ2) is 6.83. The minimum atomic E-state index is -0.729. The number of nitrogens with one attached hydrogen (secondary N) is 1.